The van der Waals surface area contributed by atoms with Gasteiger partial charge in [0, 0.05) is 18.8 Å². The Labute approximate surface area is 104 Å². The van der Waals surface area contributed by atoms with Crippen LogP contribution >= 0.6 is 0 Å². The van der Waals surface area contributed by atoms with Crippen LogP contribution in [0, 0.1) is 5.92 Å². The van der Waals surface area contributed by atoms with E-state index in [1.807, 2.05) is 24.3 Å². The molecule has 0 bridgehead atoms. The zero-order valence-electron chi connectivity index (χ0n) is 10.6. The Hall–Kier alpha value is -1.22. The number of nitrogens with two attached hydrogens (primary N) is 1. The van der Waals surface area contributed by atoms with Gasteiger partial charge in [-0.05, 0) is 49.6 Å². The van der Waals surface area contributed by atoms with E-state index >= 15 is 0 Å². The topological polar surface area (TPSA) is 38.5 Å². The van der Waals surface area contributed by atoms with Crippen molar-refractivity contribution in [2.75, 3.05) is 32.0 Å². The van der Waals surface area contributed by atoms with Crippen molar-refractivity contribution in [1.29, 1.82) is 0 Å². The zero-order chi connectivity index (χ0) is 12.1. The van der Waals surface area contributed by atoms with Gasteiger partial charge in [0.25, 0.3) is 0 Å². The van der Waals surface area contributed by atoms with Crippen LogP contribution in [-0.4, -0.2) is 31.1 Å². The Kier molecular flexibility index (Phi) is 4.26. The summed E-state index contributed by atoms with van der Waals surface area (Å²) in [5, 5.41) is 0. The second-order valence-corrected chi connectivity index (χ2v) is 4.97. The van der Waals surface area contributed by atoms with Crippen LogP contribution in [-0.2, 0) is 0 Å². The Bertz CT molecular complexity index is 337. The fourth-order valence-corrected chi connectivity index (χ4v) is 2.35. The highest BCUT2D eigenvalue weighted by atomic mass is 16.5. The largest absolute Gasteiger partial charge is 0.492 e. The molecule has 17 heavy (non-hydrogen) atoms. The van der Waals surface area contributed by atoms with E-state index in [4.69, 9.17) is 10.5 Å². The number of rotatable bonds is 4. The Morgan fingerprint density at radius 2 is 2.12 bits per heavy atom. The molecule has 1 saturated heterocycles. The summed E-state index contributed by atoms with van der Waals surface area (Å²) >= 11 is 0. The van der Waals surface area contributed by atoms with E-state index in [1.54, 1.807) is 0 Å². The third-order valence-electron chi connectivity index (χ3n) is 3.30. The maximum Gasteiger partial charge on any atom is 0.119 e. The number of anilines is 1. The molecule has 1 aromatic rings. The molecule has 0 amide bonds. The number of nitrogens with zero attached hydrogens (tertiary/aromatic N) is 1. The van der Waals surface area contributed by atoms with Crippen LogP contribution in [0.1, 0.15) is 19.8 Å². The molecule has 1 unspecified atom stereocenters. The molecular weight excluding hydrogens is 212 g/mol. The lowest BCUT2D eigenvalue weighted by molar-refractivity contribution is 0.153. The molecule has 3 nitrogen and oxygen atoms in total. The maximum atomic E-state index is 5.70. The van der Waals surface area contributed by atoms with Gasteiger partial charge in [0.05, 0.1) is 0 Å². The SMILES string of the molecule is CC1CCCN(CCOc2ccc(N)cc2)C1. The number of likely N-dealkylation sites (tertiary alicyclic amines) is 1. The highest BCUT2D eigenvalue weighted by Gasteiger charge is 2.15. The molecule has 1 fully saturated rings. The minimum Gasteiger partial charge on any atom is -0.492 e. The normalized spacial score (nSPS) is 21.4. The van der Waals surface area contributed by atoms with Crippen molar-refractivity contribution in [3.8, 4) is 5.75 Å². The highest BCUT2D eigenvalue weighted by molar-refractivity contribution is 5.41. The summed E-state index contributed by atoms with van der Waals surface area (Å²) in [5.41, 5.74) is 6.40. The Balaban J connectivity index is 1.70. The number of benzene rings is 1. The summed E-state index contributed by atoms with van der Waals surface area (Å²) in [4.78, 5) is 2.49. The second-order valence-electron chi connectivity index (χ2n) is 4.97. The van der Waals surface area contributed by atoms with Crippen molar-refractivity contribution in [2.45, 2.75) is 19.8 Å². The third kappa shape index (κ3) is 3.93. The van der Waals surface area contributed by atoms with Crippen LogP contribution < -0.4 is 10.5 Å². The first kappa shape index (κ1) is 12.2. The van der Waals surface area contributed by atoms with Gasteiger partial charge >= 0.3 is 0 Å². The summed E-state index contributed by atoms with van der Waals surface area (Å²) in [6.07, 6.45) is 2.69. The van der Waals surface area contributed by atoms with Crippen molar-refractivity contribution < 1.29 is 4.74 Å². The highest BCUT2D eigenvalue weighted by Crippen LogP contribution is 2.16. The number of piperidine rings is 1. The summed E-state index contributed by atoms with van der Waals surface area (Å²) in [6, 6.07) is 7.60. The smallest absolute Gasteiger partial charge is 0.119 e. The van der Waals surface area contributed by atoms with E-state index in [-0.39, 0.29) is 0 Å². The lowest BCUT2D eigenvalue weighted by Crippen LogP contribution is -2.37. The molecular formula is C14H22N2O. The molecule has 2 rings (SSSR count). The average molecular weight is 234 g/mol. The van der Waals surface area contributed by atoms with Crippen LogP contribution in [0.5, 0.6) is 5.75 Å². The molecule has 0 saturated carbocycles. The molecule has 0 radical (unpaired) electrons. The van der Waals surface area contributed by atoms with Gasteiger partial charge in [-0.25, -0.2) is 0 Å². The minimum absolute atomic E-state index is 0.761. The van der Waals surface area contributed by atoms with E-state index in [9.17, 15) is 0 Å². The van der Waals surface area contributed by atoms with Crippen molar-refractivity contribution in [3.05, 3.63) is 24.3 Å². The predicted molar refractivity (Wildman–Crippen MR) is 71.2 cm³/mol. The van der Waals surface area contributed by atoms with Gasteiger partial charge < -0.3 is 10.5 Å². The number of hydrogen-bond acceptors (Lipinski definition) is 3. The third-order valence-corrected chi connectivity index (χ3v) is 3.30. The van der Waals surface area contributed by atoms with Gasteiger partial charge in [0.2, 0.25) is 0 Å². The first-order valence-electron chi connectivity index (χ1n) is 6.45. The van der Waals surface area contributed by atoms with E-state index < -0.39 is 0 Å². The summed E-state index contributed by atoms with van der Waals surface area (Å²) in [7, 11) is 0. The fraction of sp³-hybridized carbons (Fsp3) is 0.571. The molecule has 1 aliphatic rings. The maximum absolute atomic E-state index is 5.70. The van der Waals surface area contributed by atoms with Gasteiger partial charge in [0.15, 0.2) is 0 Å². The molecule has 1 aliphatic heterocycles. The fourth-order valence-electron chi connectivity index (χ4n) is 2.35. The lowest BCUT2D eigenvalue weighted by atomic mass is 10.0. The van der Waals surface area contributed by atoms with Crippen molar-refractivity contribution in [3.63, 3.8) is 0 Å². The van der Waals surface area contributed by atoms with Crippen LogP contribution in [0.3, 0.4) is 0 Å². The van der Waals surface area contributed by atoms with Gasteiger partial charge in [-0.2, -0.15) is 0 Å². The monoisotopic (exact) mass is 234 g/mol. The average Bonchev–Trinajstić information content (AvgIpc) is 2.32. The minimum atomic E-state index is 0.761. The summed E-state index contributed by atoms with van der Waals surface area (Å²) < 4.78 is 5.70. The molecule has 0 aromatic heterocycles. The Morgan fingerprint density at radius 1 is 1.35 bits per heavy atom. The summed E-state index contributed by atoms with van der Waals surface area (Å²) in [6.45, 7) is 6.54. The molecule has 94 valence electrons. The van der Waals surface area contributed by atoms with Crippen LogP contribution in [0.2, 0.25) is 0 Å². The molecule has 2 N–H and O–H groups in total. The second kappa shape index (κ2) is 5.92. The summed E-state index contributed by atoms with van der Waals surface area (Å²) in [5.74, 6) is 1.74. The zero-order valence-corrected chi connectivity index (χ0v) is 10.6. The lowest BCUT2D eigenvalue weighted by Gasteiger charge is -2.30. The van der Waals surface area contributed by atoms with Crippen LogP contribution in [0.15, 0.2) is 24.3 Å². The standard InChI is InChI=1S/C14H22N2O/c1-12-3-2-8-16(11-12)9-10-17-14-6-4-13(15)5-7-14/h4-7,12H,2-3,8-11,15H2,1H3. The first-order valence-corrected chi connectivity index (χ1v) is 6.45. The molecule has 0 aliphatic carbocycles. The first-order chi connectivity index (χ1) is 8.24. The number of nitrogen functional groups attached to an aromatic ring is 1. The molecule has 0 spiro atoms. The van der Waals surface area contributed by atoms with E-state index in [1.165, 1.54) is 25.9 Å². The van der Waals surface area contributed by atoms with E-state index in [0.29, 0.717) is 0 Å². The van der Waals surface area contributed by atoms with Gasteiger partial charge in [-0.1, -0.05) is 6.92 Å². The van der Waals surface area contributed by atoms with Crippen molar-refractivity contribution in [2.24, 2.45) is 5.92 Å². The molecule has 1 aromatic carbocycles. The van der Waals surface area contributed by atoms with E-state index in [0.717, 1.165) is 30.5 Å². The molecule has 1 atom stereocenters. The molecule has 3 heteroatoms. The Morgan fingerprint density at radius 3 is 2.82 bits per heavy atom. The van der Waals surface area contributed by atoms with Crippen LogP contribution in [0.25, 0.3) is 0 Å². The number of hydrogen-bond donors (Lipinski definition) is 1. The van der Waals surface area contributed by atoms with E-state index in [2.05, 4.69) is 11.8 Å². The quantitative estimate of drug-likeness (QED) is 0.813. The number of ether oxygens (including phenoxy) is 1. The van der Waals surface area contributed by atoms with Crippen molar-refractivity contribution >= 4 is 5.69 Å². The van der Waals surface area contributed by atoms with Crippen molar-refractivity contribution in [1.82, 2.24) is 4.90 Å². The predicted octanol–water partition coefficient (Wildman–Crippen LogP) is 2.38. The van der Waals surface area contributed by atoms with Gasteiger partial charge in [0.1, 0.15) is 12.4 Å². The van der Waals surface area contributed by atoms with Crippen LogP contribution in [0.4, 0.5) is 5.69 Å². The molecule has 1 heterocycles. The van der Waals surface area contributed by atoms with Gasteiger partial charge in [-0.3, -0.25) is 4.90 Å². The van der Waals surface area contributed by atoms with Gasteiger partial charge in [-0.15, -0.1) is 0 Å².